The van der Waals surface area contributed by atoms with Crippen LogP contribution in [0.1, 0.15) is 41.0 Å². The number of benzene rings is 1. The summed E-state index contributed by atoms with van der Waals surface area (Å²) in [5, 5.41) is 10.7. The highest BCUT2D eigenvalue weighted by Gasteiger charge is 2.15. The van der Waals surface area contributed by atoms with Crippen LogP contribution in [0.4, 0.5) is 9.93 Å². The average molecular weight is 382 g/mol. The van der Waals surface area contributed by atoms with Gasteiger partial charge in [0.05, 0.1) is 12.2 Å². The summed E-state index contributed by atoms with van der Waals surface area (Å²) >= 11 is 1.61. The Labute approximate surface area is 162 Å². The normalized spacial score (nSPS) is 13.6. The number of aryl methyl sites for hydroxylation is 2. The Morgan fingerprint density at radius 3 is 2.74 bits per heavy atom. The summed E-state index contributed by atoms with van der Waals surface area (Å²) in [5.74, 6) is 0. The minimum absolute atomic E-state index is 0.209. The second-order valence-corrected chi connectivity index (χ2v) is 7.86. The maximum atomic E-state index is 12.2. The van der Waals surface area contributed by atoms with Crippen LogP contribution < -0.4 is 10.6 Å². The summed E-state index contributed by atoms with van der Waals surface area (Å²) in [7, 11) is 0. The van der Waals surface area contributed by atoms with Gasteiger partial charge in [-0.25, -0.2) is 9.78 Å². The van der Waals surface area contributed by atoms with E-state index in [0.717, 1.165) is 24.9 Å². The van der Waals surface area contributed by atoms with Crippen molar-refractivity contribution in [3.05, 3.63) is 64.4 Å². The van der Waals surface area contributed by atoms with Crippen LogP contribution in [0.5, 0.6) is 0 Å². The molecule has 1 aromatic carbocycles. The highest BCUT2D eigenvalue weighted by Crippen LogP contribution is 2.28. The number of rotatable bonds is 5. The largest absolute Gasteiger partial charge is 0.334 e. The number of aromatic nitrogens is 3. The van der Waals surface area contributed by atoms with Gasteiger partial charge in [-0.3, -0.25) is 10.00 Å². The first-order chi connectivity index (χ1) is 13.3. The number of nitrogens with one attached hydrogen (secondary N) is 2. The van der Waals surface area contributed by atoms with Crippen molar-refractivity contribution in [2.45, 2.75) is 45.2 Å². The lowest BCUT2D eigenvalue weighted by molar-refractivity contribution is 0.251. The third-order valence-electron chi connectivity index (χ3n) is 4.70. The highest BCUT2D eigenvalue weighted by molar-refractivity contribution is 7.15. The number of carbonyl (C=O) groups is 1. The Morgan fingerprint density at radius 2 is 1.93 bits per heavy atom. The van der Waals surface area contributed by atoms with E-state index in [1.165, 1.54) is 35.4 Å². The van der Waals surface area contributed by atoms with Crippen molar-refractivity contribution in [3.63, 3.8) is 0 Å². The molecule has 0 aliphatic heterocycles. The number of nitrogens with zero attached hydrogens (tertiary/aromatic N) is 3. The first kappa shape index (κ1) is 17.7. The molecule has 2 aromatic heterocycles. The molecule has 27 heavy (non-hydrogen) atoms. The minimum atomic E-state index is -0.209. The molecule has 0 fully saturated rings. The lowest BCUT2D eigenvalue weighted by atomic mass is 10.1. The van der Waals surface area contributed by atoms with Gasteiger partial charge in [0.15, 0.2) is 5.13 Å². The van der Waals surface area contributed by atoms with Crippen molar-refractivity contribution < 1.29 is 4.79 Å². The summed E-state index contributed by atoms with van der Waals surface area (Å²) in [4.78, 5) is 18.1. The minimum Gasteiger partial charge on any atom is -0.334 e. The van der Waals surface area contributed by atoms with Gasteiger partial charge in [0.2, 0.25) is 0 Å². The summed E-state index contributed by atoms with van der Waals surface area (Å²) in [5.41, 5.74) is 3.40. The summed E-state index contributed by atoms with van der Waals surface area (Å²) in [6.07, 6.45) is 9.51. The predicted molar refractivity (Wildman–Crippen MR) is 107 cm³/mol. The summed E-state index contributed by atoms with van der Waals surface area (Å²) in [6.45, 7) is 1.23. The van der Waals surface area contributed by atoms with E-state index in [4.69, 9.17) is 0 Å². The summed E-state index contributed by atoms with van der Waals surface area (Å²) < 4.78 is 1.89. The molecule has 0 spiro atoms. The zero-order chi connectivity index (χ0) is 18.5. The molecule has 6 nitrogen and oxygen atoms in total. The van der Waals surface area contributed by atoms with E-state index < -0.39 is 0 Å². The van der Waals surface area contributed by atoms with Crippen LogP contribution >= 0.6 is 11.3 Å². The number of thiazole rings is 1. The predicted octanol–water partition coefficient (Wildman–Crippen LogP) is 3.98. The number of carbonyl (C=O) groups excluding carboxylic acids is 1. The number of fused-ring (bicyclic) bond motifs is 1. The van der Waals surface area contributed by atoms with E-state index in [1.54, 1.807) is 17.5 Å². The number of urea groups is 1. The highest BCUT2D eigenvalue weighted by atomic mass is 32.1. The molecular formula is C20H23N5OS. The molecule has 2 heterocycles. The van der Waals surface area contributed by atoms with Crippen molar-refractivity contribution in [1.29, 1.82) is 0 Å². The molecule has 1 aliphatic rings. The van der Waals surface area contributed by atoms with Crippen molar-refractivity contribution in [2.75, 3.05) is 5.32 Å². The van der Waals surface area contributed by atoms with E-state index in [1.807, 2.05) is 29.1 Å². The van der Waals surface area contributed by atoms with Crippen LogP contribution in [0.3, 0.4) is 0 Å². The number of hydrogen-bond donors (Lipinski definition) is 2. The molecule has 140 valence electrons. The average Bonchev–Trinajstić information content (AvgIpc) is 3.26. The van der Waals surface area contributed by atoms with E-state index >= 15 is 0 Å². The van der Waals surface area contributed by atoms with Crippen LogP contribution in [-0.4, -0.2) is 20.8 Å². The smallest absolute Gasteiger partial charge is 0.321 e. The third-order valence-corrected chi connectivity index (χ3v) is 5.77. The fraction of sp³-hybridized carbons (Fsp3) is 0.350. The fourth-order valence-corrected chi connectivity index (χ4v) is 4.29. The maximum Gasteiger partial charge on any atom is 0.321 e. The molecule has 7 heteroatoms. The topological polar surface area (TPSA) is 71.8 Å². The monoisotopic (exact) mass is 381 g/mol. The number of anilines is 1. The molecule has 0 saturated heterocycles. The van der Waals surface area contributed by atoms with E-state index in [9.17, 15) is 4.79 Å². The molecule has 3 aromatic rings. The quantitative estimate of drug-likeness (QED) is 0.657. The van der Waals surface area contributed by atoms with Crippen molar-refractivity contribution in [1.82, 2.24) is 20.1 Å². The maximum absolute atomic E-state index is 12.2. The Bertz CT molecular complexity index is 862. The Hall–Kier alpha value is -2.67. The molecule has 0 bridgehead atoms. The SMILES string of the molecule is O=C(NCc1ccc(Cn2cccn2)cc1)Nc1nc2c(s1)CCCCC2. The Morgan fingerprint density at radius 1 is 1.11 bits per heavy atom. The Balaban J connectivity index is 1.27. The third kappa shape index (κ3) is 4.74. The van der Waals surface area contributed by atoms with Gasteiger partial charge in [-0.15, -0.1) is 11.3 Å². The fourth-order valence-electron chi connectivity index (χ4n) is 3.25. The molecule has 0 unspecified atom stereocenters. The molecule has 2 amide bonds. The first-order valence-corrected chi connectivity index (χ1v) is 10.2. The van der Waals surface area contributed by atoms with Gasteiger partial charge in [-0.05, 0) is 42.9 Å². The van der Waals surface area contributed by atoms with Crippen molar-refractivity contribution in [3.8, 4) is 0 Å². The van der Waals surface area contributed by atoms with E-state index in [0.29, 0.717) is 11.7 Å². The zero-order valence-electron chi connectivity index (χ0n) is 15.1. The van der Waals surface area contributed by atoms with E-state index in [-0.39, 0.29) is 6.03 Å². The zero-order valence-corrected chi connectivity index (χ0v) is 16.0. The summed E-state index contributed by atoms with van der Waals surface area (Å²) in [6, 6.07) is 9.90. The van der Waals surface area contributed by atoms with Crippen LogP contribution in [0.15, 0.2) is 42.7 Å². The van der Waals surface area contributed by atoms with Gasteiger partial charge in [-0.1, -0.05) is 30.7 Å². The Kier molecular flexibility index (Phi) is 5.48. The molecule has 4 rings (SSSR count). The molecule has 1 aliphatic carbocycles. The van der Waals surface area contributed by atoms with Crippen LogP contribution in [0.2, 0.25) is 0 Å². The molecule has 0 radical (unpaired) electrons. The lowest BCUT2D eigenvalue weighted by Gasteiger charge is -2.07. The number of amides is 2. The van der Waals surface area contributed by atoms with Crippen LogP contribution in [0.25, 0.3) is 0 Å². The van der Waals surface area contributed by atoms with Gasteiger partial charge >= 0.3 is 6.03 Å². The van der Waals surface area contributed by atoms with Crippen molar-refractivity contribution >= 4 is 22.5 Å². The van der Waals surface area contributed by atoms with Crippen molar-refractivity contribution in [2.24, 2.45) is 0 Å². The molecular weight excluding hydrogens is 358 g/mol. The standard InChI is InChI=1S/C20H23N5OS/c26-19(24-20-23-17-5-2-1-3-6-18(17)27-20)21-13-15-7-9-16(10-8-15)14-25-12-4-11-22-25/h4,7-12H,1-3,5-6,13-14H2,(H2,21,23,24,26). The van der Waals surface area contributed by atoms with Gasteiger partial charge in [0, 0.05) is 23.8 Å². The molecule has 2 N–H and O–H groups in total. The van der Waals surface area contributed by atoms with E-state index in [2.05, 4.69) is 32.8 Å². The first-order valence-electron chi connectivity index (χ1n) is 9.35. The van der Waals surface area contributed by atoms with Gasteiger partial charge in [-0.2, -0.15) is 5.10 Å². The molecule has 0 atom stereocenters. The van der Waals surface area contributed by atoms with Gasteiger partial charge in [0.25, 0.3) is 0 Å². The number of hydrogen-bond acceptors (Lipinski definition) is 4. The lowest BCUT2D eigenvalue weighted by Crippen LogP contribution is -2.28. The second kappa shape index (κ2) is 8.35. The van der Waals surface area contributed by atoms with Gasteiger partial charge in [0.1, 0.15) is 0 Å². The molecule has 0 saturated carbocycles. The second-order valence-electron chi connectivity index (χ2n) is 6.78. The van der Waals surface area contributed by atoms with Crippen LogP contribution in [-0.2, 0) is 25.9 Å². The van der Waals surface area contributed by atoms with Crippen LogP contribution in [0, 0.1) is 0 Å². The van der Waals surface area contributed by atoms with Gasteiger partial charge < -0.3 is 5.32 Å².